The topological polar surface area (TPSA) is 59.6 Å². The minimum absolute atomic E-state index is 0.0503. The van der Waals surface area contributed by atoms with E-state index in [2.05, 4.69) is 10.6 Å². The van der Waals surface area contributed by atoms with Crippen molar-refractivity contribution in [2.45, 2.75) is 51.1 Å². The van der Waals surface area contributed by atoms with Crippen LogP contribution in [0, 0.1) is 0 Å². The fraction of sp³-hybridized carbons (Fsp3) is 0.588. The first-order valence-electron chi connectivity index (χ1n) is 8.01. The molecule has 1 unspecified atom stereocenters. The summed E-state index contributed by atoms with van der Waals surface area (Å²) in [5.74, 6) is 1.56. The summed E-state index contributed by atoms with van der Waals surface area (Å²) < 4.78 is 10.8. The van der Waals surface area contributed by atoms with Crippen molar-refractivity contribution in [1.29, 1.82) is 0 Å². The normalized spacial score (nSPS) is 16.6. The first-order chi connectivity index (χ1) is 10.7. The van der Waals surface area contributed by atoms with Crippen molar-refractivity contribution in [3.63, 3.8) is 0 Å². The van der Waals surface area contributed by atoms with Crippen LogP contribution in [0.25, 0.3) is 0 Å². The maximum absolute atomic E-state index is 11.9. The molecule has 1 aromatic carbocycles. The predicted molar refractivity (Wildman–Crippen MR) is 86.5 cm³/mol. The van der Waals surface area contributed by atoms with E-state index in [0.717, 1.165) is 24.3 Å². The number of urea groups is 1. The molecule has 1 fully saturated rings. The molecule has 1 aliphatic rings. The Morgan fingerprint density at radius 2 is 1.82 bits per heavy atom. The fourth-order valence-electron chi connectivity index (χ4n) is 2.63. The molecule has 1 atom stereocenters. The number of methoxy groups -OCH3 is 1. The van der Waals surface area contributed by atoms with Gasteiger partial charge in [-0.25, -0.2) is 4.79 Å². The van der Waals surface area contributed by atoms with Crippen LogP contribution >= 0.6 is 0 Å². The van der Waals surface area contributed by atoms with Gasteiger partial charge in [-0.1, -0.05) is 19.3 Å². The summed E-state index contributed by atoms with van der Waals surface area (Å²) in [6, 6.07) is 7.58. The Bertz CT molecular complexity index is 455. The average molecular weight is 306 g/mol. The summed E-state index contributed by atoms with van der Waals surface area (Å²) in [6.07, 6.45) is 5.88. The molecule has 0 spiro atoms. The maximum atomic E-state index is 11.9. The number of amides is 2. The first-order valence-corrected chi connectivity index (χ1v) is 8.01. The molecule has 2 amide bonds. The minimum atomic E-state index is -0.0993. The van der Waals surface area contributed by atoms with Crippen LogP contribution in [-0.2, 0) is 0 Å². The molecule has 2 rings (SSSR count). The van der Waals surface area contributed by atoms with Gasteiger partial charge < -0.3 is 20.1 Å². The van der Waals surface area contributed by atoms with Gasteiger partial charge in [0.15, 0.2) is 0 Å². The van der Waals surface area contributed by atoms with Crippen LogP contribution < -0.4 is 20.1 Å². The molecule has 122 valence electrons. The van der Waals surface area contributed by atoms with Gasteiger partial charge in [-0.05, 0) is 44.0 Å². The number of ether oxygens (including phenoxy) is 2. The second-order valence-electron chi connectivity index (χ2n) is 5.84. The Morgan fingerprint density at radius 1 is 1.18 bits per heavy atom. The molecule has 0 radical (unpaired) electrons. The second-order valence-corrected chi connectivity index (χ2v) is 5.84. The van der Waals surface area contributed by atoms with Crippen LogP contribution in [0.1, 0.15) is 39.0 Å². The zero-order valence-corrected chi connectivity index (χ0v) is 13.4. The largest absolute Gasteiger partial charge is 0.497 e. The highest BCUT2D eigenvalue weighted by Crippen LogP contribution is 2.18. The lowest BCUT2D eigenvalue weighted by Crippen LogP contribution is -2.47. The predicted octanol–water partition coefficient (Wildman–Crippen LogP) is 3.09. The minimum Gasteiger partial charge on any atom is -0.497 e. The van der Waals surface area contributed by atoms with E-state index in [1.165, 1.54) is 19.3 Å². The number of hydrogen-bond donors (Lipinski definition) is 2. The number of carbonyl (C=O) groups excluding carboxylic acids is 1. The summed E-state index contributed by atoms with van der Waals surface area (Å²) in [4.78, 5) is 11.9. The Morgan fingerprint density at radius 3 is 2.45 bits per heavy atom. The van der Waals surface area contributed by atoms with E-state index in [-0.39, 0.29) is 12.1 Å². The molecule has 0 bridgehead atoms. The smallest absolute Gasteiger partial charge is 0.315 e. The standard InChI is InChI=1S/C17H26N2O3/c1-13(12-22-16-10-8-15(21-2)9-11-16)18-17(20)19-14-6-4-3-5-7-14/h8-11,13-14H,3-7,12H2,1-2H3,(H2,18,19,20). The van der Waals surface area contributed by atoms with Crippen molar-refractivity contribution in [2.75, 3.05) is 13.7 Å². The van der Waals surface area contributed by atoms with Gasteiger partial charge in [0, 0.05) is 6.04 Å². The monoisotopic (exact) mass is 306 g/mol. The van der Waals surface area contributed by atoms with E-state index in [1.807, 2.05) is 31.2 Å². The molecule has 2 N–H and O–H groups in total. The molecule has 5 heteroatoms. The lowest BCUT2D eigenvalue weighted by molar-refractivity contribution is 0.219. The van der Waals surface area contributed by atoms with Gasteiger partial charge in [0.1, 0.15) is 18.1 Å². The summed E-state index contributed by atoms with van der Waals surface area (Å²) in [5.41, 5.74) is 0. The third kappa shape index (κ3) is 5.47. The molecule has 22 heavy (non-hydrogen) atoms. The Hall–Kier alpha value is -1.91. The van der Waals surface area contributed by atoms with Gasteiger partial charge >= 0.3 is 6.03 Å². The first kappa shape index (κ1) is 16.5. The van der Waals surface area contributed by atoms with Crippen molar-refractivity contribution in [2.24, 2.45) is 0 Å². The number of benzene rings is 1. The maximum Gasteiger partial charge on any atom is 0.315 e. The zero-order chi connectivity index (χ0) is 15.8. The van der Waals surface area contributed by atoms with Gasteiger partial charge in [-0.15, -0.1) is 0 Å². The molecular formula is C17H26N2O3. The Kier molecular flexibility index (Phi) is 6.37. The summed E-state index contributed by atoms with van der Waals surface area (Å²) in [6.45, 7) is 2.37. The van der Waals surface area contributed by atoms with Crippen LogP contribution in [0.2, 0.25) is 0 Å². The summed E-state index contributed by atoms with van der Waals surface area (Å²) in [5, 5.41) is 5.96. The second kappa shape index (κ2) is 8.51. The van der Waals surface area contributed by atoms with E-state index in [0.29, 0.717) is 12.6 Å². The van der Waals surface area contributed by atoms with Crippen LogP contribution in [0.3, 0.4) is 0 Å². The molecule has 0 saturated heterocycles. The van der Waals surface area contributed by atoms with Gasteiger partial charge in [-0.2, -0.15) is 0 Å². The van der Waals surface area contributed by atoms with Crippen molar-refractivity contribution in [3.8, 4) is 11.5 Å². The van der Waals surface area contributed by atoms with Crippen LogP contribution in [0.5, 0.6) is 11.5 Å². The number of carbonyl (C=O) groups is 1. The van der Waals surface area contributed by atoms with Gasteiger partial charge in [-0.3, -0.25) is 0 Å². The summed E-state index contributed by atoms with van der Waals surface area (Å²) >= 11 is 0. The zero-order valence-electron chi connectivity index (χ0n) is 13.4. The number of nitrogens with one attached hydrogen (secondary N) is 2. The Labute approximate surface area is 132 Å². The van der Waals surface area contributed by atoms with Crippen molar-refractivity contribution in [1.82, 2.24) is 10.6 Å². The van der Waals surface area contributed by atoms with Crippen LogP contribution in [-0.4, -0.2) is 31.8 Å². The van der Waals surface area contributed by atoms with Gasteiger partial charge in [0.25, 0.3) is 0 Å². The molecular weight excluding hydrogens is 280 g/mol. The average Bonchev–Trinajstić information content (AvgIpc) is 2.54. The highest BCUT2D eigenvalue weighted by atomic mass is 16.5. The van der Waals surface area contributed by atoms with Crippen molar-refractivity contribution in [3.05, 3.63) is 24.3 Å². The number of hydrogen-bond acceptors (Lipinski definition) is 3. The fourth-order valence-corrected chi connectivity index (χ4v) is 2.63. The molecule has 0 aliphatic heterocycles. The summed E-state index contributed by atoms with van der Waals surface area (Å²) in [7, 11) is 1.63. The lowest BCUT2D eigenvalue weighted by Gasteiger charge is -2.24. The van der Waals surface area contributed by atoms with Crippen LogP contribution in [0.4, 0.5) is 4.79 Å². The molecule has 5 nitrogen and oxygen atoms in total. The quantitative estimate of drug-likeness (QED) is 0.849. The van der Waals surface area contributed by atoms with E-state index in [1.54, 1.807) is 7.11 Å². The van der Waals surface area contributed by atoms with Crippen molar-refractivity contribution >= 4 is 6.03 Å². The van der Waals surface area contributed by atoms with Gasteiger partial charge in [0.2, 0.25) is 0 Å². The third-order valence-electron chi connectivity index (χ3n) is 3.88. The lowest BCUT2D eigenvalue weighted by atomic mass is 9.96. The van der Waals surface area contributed by atoms with Crippen LogP contribution in [0.15, 0.2) is 24.3 Å². The molecule has 1 aliphatic carbocycles. The van der Waals surface area contributed by atoms with E-state index in [4.69, 9.17) is 9.47 Å². The molecule has 1 saturated carbocycles. The molecule has 1 aromatic rings. The van der Waals surface area contributed by atoms with E-state index in [9.17, 15) is 4.79 Å². The third-order valence-corrected chi connectivity index (χ3v) is 3.88. The molecule has 0 heterocycles. The van der Waals surface area contributed by atoms with Crippen molar-refractivity contribution < 1.29 is 14.3 Å². The Balaban J connectivity index is 1.67. The highest BCUT2D eigenvalue weighted by molar-refractivity contribution is 5.74. The van der Waals surface area contributed by atoms with Gasteiger partial charge in [0.05, 0.1) is 13.2 Å². The van der Waals surface area contributed by atoms with E-state index >= 15 is 0 Å². The molecule has 0 aromatic heterocycles. The highest BCUT2D eigenvalue weighted by Gasteiger charge is 2.16. The number of rotatable bonds is 6. The SMILES string of the molecule is COc1ccc(OCC(C)NC(=O)NC2CCCCC2)cc1. The van der Waals surface area contributed by atoms with E-state index < -0.39 is 0 Å².